The summed E-state index contributed by atoms with van der Waals surface area (Å²) in [5.74, 6) is 0.0107. The minimum Gasteiger partial charge on any atom is -0.504 e. The van der Waals surface area contributed by atoms with Crippen molar-refractivity contribution in [2.45, 2.75) is 13.0 Å². The lowest BCUT2D eigenvalue weighted by molar-refractivity contribution is 0.0917. The number of carbonyl (C=O) groups excluding carboxylic acids is 1. The summed E-state index contributed by atoms with van der Waals surface area (Å²) in [6, 6.07) is 14.2. The molecule has 0 aliphatic heterocycles. The Kier molecular flexibility index (Phi) is 5.80. The van der Waals surface area contributed by atoms with Gasteiger partial charge in [0, 0.05) is 0 Å². The zero-order valence-electron chi connectivity index (χ0n) is 12.4. The Morgan fingerprint density at radius 1 is 1.14 bits per heavy atom. The van der Waals surface area contributed by atoms with Crippen molar-refractivity contribution in [1.29, 1.82) is 0 Å². The number of hydrogen-bond acceptors (Lipinski definition) is 5. The lowest BCUT2D eigenvalue weighted by Crippen LogP contribution is -2.12. The standard InChI is InChI=1S/C17H19NO4/c1-18-10-9-13-7-8-15(19)16(11-13)22-17(20)21-12-14-5-3-2-4-6-14/h2-8,11,18-19H,9-10,12H2,1H3. The van der Waals surface area contributed by atoms with Gasteiger partial charge in [0.25, 0.3) is 0 Å². The average molecular weight is 301 g/mol. The normalized spacial score (nSPS) is 10.2. The summed E-state index contributed by atoms with van der Waals surface area (Å²) in [5.41, 5.74) is 1.82. The highest BCUT2D eigenvalue weighted by Crippen LogP contribution is 2.27. The molecular formula is C17H19NO4. The zero-order valence-corrected chi connectivity index (χ0v) is 12.4. The molecule has 0 saturated heterocycles. The third kappa shape index (κ3) is 4.79. The second kappa shape index (κ2) is 8.05. The highest BCUT2D eigenvalue weighted by atomic mass is 16.7. The van der Waals surface area contributed by atoms with E-state index in [1.165, 1.54) is 6.07 Å². The van der Waals surface area contributed by atoms with Crippen molar-refractivity contribution in [3.05, 3.63) is 59.7 Å². The van der Waals surface area contributed by atoms with E-state index in [-0.39, 0.29) is 18.1 Å². The topological polar surface area (TPSA) is 67.8 Å². The summed E-state index contributed by atoms with van der Waals surface area (Å²) in [6.45, 7) is 0.919. The molecule has 2 aromatic carbocycles. The van der Waals surface area contributed by atoms with Crippen molar-refractivity contribution in [1.82, 2.24) is 5.32 Å². The lowest BCUT2D eigenvalue weighted by Gasteiger charge is -2.09. The molecule has 2 N–H and O–H groups in total. The molecule has 0 aromatic heterocycles. The van der Waals surface area contributed by atoms with E-state index in [2.05, 4.69) is 5.32 Å². The van der Waals surface area contributed by atoms with Crippen LogP contribution in [0.4, 0.5) is 4.79 Å². The van der Waals surface area contributed by atoms with Crippen molar-refractivity contribution in [3.63, 3.8) is 0 Å². The van der Waals surface area contributed by atoms with Crippen molar-refractivity contribution < 1.29 is 19.4 Å². The number of likely N-dealkylation sites (N-methyl/N-ethyl adjacent to an activating group) is 1. The second-order valence-corrected chi connectivity index (χ2v) is 4.78. The number of ether oxygens (including phenoxy) is 2. The summed E-state index contributed by atoms with van der Waals surface area (Å²) in [4.78, 5) is 11.7. The number of aromatic hydroxyl groups is 1. The van der Waals surface area contributed by atoms with E-state index < -0.39 is 6.16 Å². The highest BCUT2D eigenvalue weighted by molar-refractivity contribution is 5.65. The predicted molar refractivity (Wildman–Crippen MR) is 83.0 cm³/mol. The van der Waals surface area contributed by atoms with Gasteiger partial charge in [0.2, 0.25) is 0 Å². The number of benzene rings is 2. The Morgan fingerprint density at radius 2 is 1.91 bits per heavy atom. The van der Waals surface area contributed by atoms with Crippen LogP contribution in [-0.2, 0) is 17.8 Å². The first-order chi connectivity index (χ1) is 10.7. The van der Waals surface area contributed by atoms with Gasteiger partial charge in [-0.1, -0.05) is 36.4 Å². The van der Waals surface area contributed by atoms with Crippen molar-refractivity contribution in [2.75, 3.05) is 13.6 Å². The van der Waals surface area contributed by atoms with E-state index in [0.717, 1.165) is 24.1 Å². The van der Waals surface area contributed by atoms with Gasteiger partial charge in [-0.2, -0.15) is 0 Å². The zero-order chi connectivity index (χ0) is 15.8. The Morgan fingerprint density at radius 3 is 2.64 bits per heavy atom. The Hall–Kier alpha value is -2.53. The number of hydrogen-bond donors (Lipinski definition) is 2. The van der Waals surface area contributed by atoms with Crippen LogP contribution in [0, 0.1) is 0 Å². The molecule has 116 valence electrons. The maximum Gasteiger partial charge on any atom is 0.514 e. The van der Waals surface area contributed by atoms with Gasteiger partial charge in [-0.05, 0) is 43.3 Å². The summed E-state index contributed by atoms with van der Waals surface area (Å²) >= 11 is 0. The van der Waals surface area contributed by atoms with E-state index in [9.17, 15) is 9.90 Å². The van der Waals surface area contributed by atoms with Crippen LogP contribution in [0.25, 0.3) is 0 Å². The largest absolute Gasteiger partial charge is 0.514 e. The van der Waals surface area contributed by atoms with Gasteiger partial charge in [0.1, 0.15) is 6.61 Å². The molecule has 0 amide bonds. The molecule has 0 unspecified atom stereocenters. The van der Waals surface area contributed by atoms with Crippen LogP contribution >= 0.6 is 0 Å². The maximum atomic E-state index is 11.7. The van der Waals surface area contributed by atoms with Crippen LogP contribution < -0.4 is 10.1 Å². The van der Waals surface area contributed by atoms with Gasteiger partial charge < -0.3 is 19.9 Å². The van der Waals surface area contributed by atoms with Crippen LogP contribution in [0.5, 0.6) is 11.5 Å². The second-order valence-electron chi connectivity index (χ2n) is 4.78. The molecule has 0 bridgehead atoms. The molecule has 2 aromatic rings. The number of phenols is 1. The summed E-state index contributed by atoms with van der Waals surface area (Å²) < 4.78 is 10.1. The molecule has 0 fully saturated rings. The summed E-state index contributed by atoms with van der Waals surface area (Å²) in [6.07, 6.45) is -0.0726. The summed E-state index contributed by atoms with van der Waals surface area (Å²) in [5, 5.41) is 12.8. The molecule has 0 radical (unpaired) electrons. The van der Waals surface area contributed by atoms with Crippen molar-refractivity contribution in [2.24, 2.45) is 0 Å². The van der Waals surface area contributed by atoms with Crippen LogP contribution in [0.1, 0.15) is 11.1 Å². The molecule has 0 atom stereocenters. The Bertz CT molecular complexity index is 613. The van der Waals surface area contributed by atoms with Gasteiger partial charge in [-0.25, -0.2) is 4.79 Å². The number of rotatable bonds is 6. The first kappa shape index (κ1) is 15.9. The van der Waals surface area contributed by atoms with E-state index in [1.807, 2.05) is 37.4 Å². The SMILES string of the molecule is CNCCc1ccc(O)c(OC(=O)OCc2ccccc2)c1. The molecule has 0 spiro atoms. The quantitative estimate of drug-likeness (QED) is 0.634. The third-order valence-corrected chi connectivity index (χ3v) is 3.08. The molecular weight excluding hydrogens is 282 g/mol. The number of nitrogens with one attached hydrogen (secondary N) is 1. The molecule has 0 aliphatic carbocycles. The van der Waals surface area contributed by atoms with Crippen LogP contribution in [0.3, 0.4) is 0 Å². The first-order valence-corrected chi connectivity index (χ1v) is 7.04. The van der Waals surface area contributed by atoms with Gasteiger partial charge in [-0.3, -0.25) is 0 Å². The smallest absolute Gasteiger partial charge is 0.504 e. The highest BCUT2D eigenvalue weighted by Gasteiger charge is 2.11. The van der Waals surface area contributed by atoms with E-state index >= 15 is 0 Å². The summed E-state index contributed by atoms with van der Waals surface area (Å²) in [7, 11) is 1.86. The van der Waals surface area contributed by atoms with Crippen LogP contribution in [0.2, 0.25) is 0 Å². The Labute approximate surface area is 129 Å². The predicted octanol–water partition coefficient (Wildman–Crippen LogP) is 2.87. The molecule has 0 aliphatic rings. The molecule has 5 heteroatoms. The fourth-order valence-electron chi connectivity index (χ4n) is 1.90. The number of carbonyl (C=O) groups is 1. The minimum atomic E-state index is -0.843. The van der Waals surface area contributed by atoms with Gasteiger partial charge in [0.05, 0.1) is 0 Å². The fraction of sp³-hybridized carbons (Fsp3) is 0.235. The monoisotopic (exact) mass is 301 g/mol. The number of phenolic OH excluding ortho intramolecular Hbond substituents is 1. The first-order valence-electron chi connectivity index (χ1n) is 7.04. The molecule has 5 nitrogen and oxygen atoms in total. The third-order valence-electron chi connectivity index (χ3n) is 3.08. The van der Waals surface area contributed by atoms with Crippen molar-refractivity contribution >= 4 is 6.16 Å². The Balaban J connectivity index is 1.92. The minimum absolute atomic E-state index is 0.0927. The van der Waals surface area contributed by atoms with Gasteiger partial charge >= 0.3 is 6.16 Å². The maximum absolute atomic E-state index is 11.7. The van der Waals surface area contributed by atoms with E-state index in [4.69, 9.17) is 9.47 Å². The molecule has 22 heavy (non-hydrogen) atoms. The van der Waals surface area contributed by atoms with Gasteiger partial charge in [-0.15, -0.1) is 0 Å². The van der Waals surface area contributed by atoms with E-state index in [1.54, 1.807) is 12.1 Å². The fourth-order valence-corrected chi connectivity index (χ4v) is 1.90. The molecule has 0 heterocycles. The molecule has 2 rings (SSSR count). The average Bonchev–Trinajstić information content (AvgIpc) is 2.54. The molecule has 0 saturated carbocycles. The van der Waals surface area contributed by atoms with Crippen molar-refractivity contribution in [3.8, 4) is 11.5 Å². The van der Waals surface area contributed by atoms with Crippen LogP contribution in [-0.4, -0.2) is 24.9 Å². The van der Waals surface area contributed by atoms with Gasteiger partial charge in [0.15, 0.2) is 11.5 Å². The van der Waals surface area contributed by atoms with Crippen LogP contribution in [0.15, 0.2) is 48.5 Å². The lowest BCUT2D eigenvalue weighted by atomic mass is 10.1. The van der Waals surface area contributed by atoms with E-state index in [0.29, 0.717) is 0 Å².